The first kappa shape index (κ1) is 13.5. The molecule has 19 heavy (non-hydrogen) atoms. The molecule has 0 radical (unpaired) electrons. The number of ether oxygens (including phenoxy) is 2. The van der Waals surface area contributed by atoms with Crippen LogP contribution in [0.15, 0.2) is 48.8 Å². The van der Waals surface area contributed by atoms with Crippen LogP contribution in [0.3, 0.4) is 0 Å². The van der Waals surface area contributed by atoms with E-state index in [9.17, 15) is 0 Å². The van der Waals surface area contributed by atoms with Crippen molar-refractivity contribution in [1.82, 2.24) is 10.3 Å². The Balaban J connectivity index is 1.84. The average molecular weight is 258 g/mol. The van der Waals surface area contributed by atoms with Gasteiger partial charge in [-0.2, -0.15) is 0 Å². The molecule has 0 atom stereocenters. The van der Waals surface area contributed by atoms with Gasteiger partial charge in [-0.1, -0.05) is 12.1 Å². The Morgan fingerprint density at radius 2 is 1.95 bits per heavy atom. The minimum absolute atomic E-state index is 0.724. The molecular formula is C15H18N2O2. The van der Waals surface area contributed by atoms with Gasteiger partial charge in [-0.25, -0.2) is 0 Å². The minimum Gasteiger partial charge on any atom is -0.456 e. The van der Waals surface area contributed by atoms with Crippen LogP contribution in [-0.4, -0.2) is 25.2 Å². The molecule has 0 amide bonds. The fraction of sp³-hybridized carbons (Fsp3) is 0.267. The van der Waals surface area contributed by atoms with Crippen molar-refractivity contribution in [3.05, 3.63) is 54.4 Å². The third-order valence-corrected chi connectivity index (χ3v) is 2.61. The summed E-state index contributed by atoms with van der Waals surface area (Å²) in [5.74, 6) is 1.56. The van der Waals surface area contributed by atoms with Crippen LogP contribution in [0, 0.1) is 0 Å². The molecule has 0 aliphatic carbocycles. The summed E-state index contributed by atoms with van der Waals surface area (Å²) in [5, 5.41) is 3.30. The first-order valence-corrected chi connectivity index (χ1v) is 6.25. The number of methoxy groups -OCH3 is 1. The van der Waals surface area contributed by atoms with Crippen molar-refractivity contribution in [3.63, 3.8) is 0 Å². The van der Waals surface area contributed by atoms with Gasteiger partial charge in [-0.15, -0.1) is 0 Å². The third kappa shape index (κ3) is 4.69. The van der Waals surface area contributed by atoms with E-state index in [1.54, 1.807) is 19.5 Å². The quantitative estimate of drug-likeness (QED) is 0.775. The number of aromatic nitrogens is 1. The fourth-order valence-electron chi connectivity index (χ4n) is 1.63. The van der Waals surface area contributed by atoms with Gasteiger partial charge < -0.3 is 14.8 Å². The van der Waals surface area contributed by atoms with Gasteiger partial charge in [0.25, 0.3) is 0 Å². The average Bonchev–Trinajstić information content (AvgIpc) is 2.46. The van der Waals surface area contributed by atoms with Gasteiger partial charge in [0.1, 0.15) is 11.5 Å². The van der Waals surface area contributed by atoms with Crippen LogP contribution < -0.4 is 10.1 Å². The van der Waals surface area contributed by atoms with Crippen molar-refractivity contribution in [3.8, 4) is 11.5 Å². The van der Waals surface area contributed by atoms with E-state index in [4.69, 9.17) is 9.47 Å². The fourth-order valence-corrected chi connectivity index (χ4v) is 1.63. The molecule has 0 fully saturated rings. The molecule has 0 saturated carbocycles. The Morgan fingerprint density at radius 1 is 1.11 bits per heavy atom. The lowest BCUT2D eigenvalue weighted by atomic mass is 10.2. The molecule has 4 heteroatoms. The highest BCUT2D eigenvalue weighted by atomic mass is 16.5. The summed E-state index contributed by atoms with van der Waals surface area (Å²) in [7, 11) is 1.70. The summed E-state index contributed by atoms with van der Waals surface area (Å²) < 4.78 is 10.7. The van der Waals surface area contributed by atoms with Gasteiger partial charge in [0.05, 0.1) is 12.8 Å². The molecule has 100 valence electrons. The van der Waals surface area contributed by atoms with E-state index in [0.717, 1.165) is 31.2 Å². The van der Waals surface area contributed by atoms with E-state index in [1.807, 2.05) is 36.4 Å². The zero-order chi connectivity index (χ0) is 13.3. The summed E-state index contributed by atoms with van der Waals surface area (Å²) >= 11 is 0. The van der Waals surface area contributed by atoms with E-state index < -0.39 is 0 Å². The van der Waals surface area contributed by atoms with E-state index in [1.165, 1.54) is 5.56 Å². The normalized spacial score (nSPS) is 10.4. The van der Waals surface area contributed by atoms with Crippen molar-refractivity contribution < 1.29 is 9.47 Å². The molecule has 0 aliphatic heterocycles. The Bertz CT molecular complexity index is 471. The summed E-state index contributed by atoms with van der Waals surface area (Å²) in [4.78, 5) is 4.01. The predicted molar refractivity (Wildman–Crippen MR) is 74.3 cm³/mol. The van der Waals surface area contributed by atoms with Crippen molar-refractivity contribution >= 4 is 0 Å². The van der Waals surface area contributed by atoms with E-state index in [0.29, 0.717) is 0 Å². The van der Waals surface area contributed by atoms with Crippen LogP contribution in [0.25, 0.3) is 0 Å². The Morgan fingerprint density at radius 3 is 2.63 bits per heavy atom. The minimum atomic E-state index is 0.724. The van der Waals surface area contributed by atoms with Crippen LogP contribution in [0.5, 0.6) is 11.5 Å². The van der Waals surface area contributed by atoms with E-state index >= 15 is 0 Å². The second-order valence-electron chi connectivity index (χ2n) is 4.10. The van der Waals surface area contributed by atoms with Crippen LogP contribution in [0.2, 0.25) is 0 Å². The second-order valence-corrected chi connectivity index (χ2v) is 4.10. The smallest absolute Gasteiger partial charge is 0.145 e. The molecule has 1 heterocycles. The topological polar surface area (TPSA) is 43.4 Å². The molecule has 2 aromatic rings. The first-order chi connectivity index (χ1) is 9.38. The number of nitrogens with zero attached hydrogens (tertiary/aromatic N) is 1. The van der Waals surface area contributed by atoms with Crippen molar-refractivity contribution in [2.45, 2.75) is 6.54 Å². The summed E-state index contributed by atoms with van der Waals surface area (Å²) in [6, 6.07) is 11.7. The molecule has 0 aliphatic rings. The molecule has 1 aromatic heterocycles. The number of pyridine rings is 1. The maximum atomic E-state index is 5.67. The van der Waals surface area contributed by atoms with Crippen molar-refractivity contribution in [2.24, 2.45) is 0 Å². The van der Waals surface area contributed by atoms with Crippen molar-refractivity contribution in [1.29, 1.82) is 0 Å². The number of hydrogen-bond donors (Lipinski definition) is 1. The lowest BCUT2D eigenvalue weighted by Crippen LogP contribution is -2.18. The van der Waals surface area contributed by atoms with Gasteiger partial charge in [0, 0.05) is 26.4 Å². The van der Waals surface area contributed by atoms with Gasteiger partial charge >= 0.3 is 0 Å². The number of rotatable bonds is 7. The summed E-state index contributed by atoms with van der Waals surface area (Å²) in [6.07, 6.45) is 3.42. The monoisotopic (exact) mass is 258 g/mol. The molecule has 2 rings (SSSR count). The van der Waals surface area contributed by atoms with Gasteiger partial charge in [-0.05, 0) is 29.8 Å². The molecule has 0 unspecified atom stereocenters. The van der Waals surface area contributed by atoms with Gasteiger partial charge in [-0.3, -0.25) is 4.98 Å². The maximum Gasteiger partial charge on any atom is 0.145 e. The highest BCUT2D eigenvalue weighted by molar-refractivity contribution is 5.31. The maximum absolute atomic E-state index is 5.67. The molecule has 4 nitrogen and oxygen atoms in total. The highest BCUT2D eigenvalue weighted by Gasteiger charge is 1.97. The molecule has 0 spiro atoms. The molecule has 0 saturated heterocycles. The largest absolute Gasteiger partial charge is 0.456 e. The highest BCUT2D eigenvalue weighted by Crippen LogP contribution is 2.20. The zero-order valence-electron chi connectivity index (χ0n) is 11.0. The van der Waals surface area contributed by atoms with E-state index in [2.05, 4.69) is 10.3 Å². The standard InChI is InChI=1S/C15H18N2O2/c1-18-10-9-17-11-13-4-6-14(7-5-13)19-15-3-2-8-16-12-15/h2-8,12,17H,9-11H2,1H3. The second kappa shape index (κ2) is 7.51. The lowest BCUT2D eigenvalue weighted by molar-refractivity contribution is 0.199. The lowest BCUT2D eigenvalue weighted by Gasteiger charge is -2.07. The predicted octanol–water partition coefficient (Wildman–Crippen LogP) is 2.61. The summed E-state index contributed by atoms with van der Waals surface area (Å²) in [6.45, 7) is 2.41. The SMILES string of the molecule is COCCNCc1ccc(Oc2cccnc2)cc1. The van der Waals surface area contributed by atoms with E-state index in [-0.39, 0.29) is 0 Å². The first-order valence-electron chi connectivity index (χ1n) is 6.25. The molecule has 1 aromatic carbocycles. The number of hydrogen-bond acceptors (Lipinski definition) is 4. The van der Waals surface area contributed by atoms with Crippen LogP contribution >= 0.6 is 0 Å². The third-order valence-electron chi connectivity index (χ3n) is 2.61. The van der Waals surface area contributed by atoms with Crippen LogP contribution in [0.1, 0.15) is 5.56 Å². The number of nitrogens with one attached hydrogen (secondary N) is 1. The van der Waals surface area contributed by atoms with Crippen LogP contribution in [0.4, 0.5) is 0 Å². The Hall–Kier alpha value is -1.91. The van der Waals surface area contributed by atoms with Crippen molar-refractivity contribution in [2.75, 3.05) is 20.3 Å². The summed E-state index contributed by atoms with van der Waals surface area (Å²) in [5.41, 5.74) is 1.22. The van der Waals surface area contributed by atoms with Gasteiger partial charge in [0.2, 0.25) is 0 Å². The zero-order valence-corrected chi connectivity index (χ0v) is 11.0. The number of benzene rings is 1. The Labute approximate surface area is 113 Å². The Kier molecular flexibility index (Phi) is 5.34. The molecule has 0 bridgehead atoms. The van der Waals surface area contributed by atoms with Crippen LogP contribution in [-0.2, 0) is 11.3 Å². The molecule has 1 N–H and O–H groups in total. The van der Waals surface area contributed by atoms with Gasteiger partial charge in [0.15, 0.2) is 0 Å². The molecular weight excluding hydrogens is 240 g/mol.